The summed E-state index contributed by atoms with van der Waals surface area (Å²) in [5.41, 5.74) is -0.511. The normalized spacial score (nSPS) is 18.4. The molecule has 198 valence electrons. The molecule has 1 saturated heterocycles. The van der Waals surface area contributed by atoms with Gasteiger partial charge in [0.15, 0.2) is 11.5 Å². The molecule has 4 aromatic rings. The zero-order valence-corrected chi connectivity index (χ0v) is 20.7. The van der Waals surface area contributed by atoms with Crippen LogP contribution in [-0.4, -0.2) is 48.8 Å². The van der Waals surface area contributed by atoms with Gasteiger partial charge >= 0.3 is 12.1 Å². The zero-order valence-electron chi connectivity index (χ0n) is 20.7. The second-order valence-corrected chi connectivity index (χ2v) is 10.3. The first-order valence-corrected chi connectivity index (χ1v) is 11.8. The molecule has 1 aromatic carbocycles. The number of carbonyl (C=O) groups is 1. The minimum atomic E-state index is -4.81. The van der Waals surface area contributed by atoms with Crippen LogP contribution in [0.4, 0.5) is 13.2 Å². The first-order valence-electron chi connectivity index (χ1n) is 11.8. The van der Waals surface area contributed by atoms with Crippen LogP contribution < -0.4 is 0 Å². The Balaban J connectivity index is 1.37. The topological polar surface area (TPSA) is 118 Å². The van der Waals surface area contributed by atoms with E-state index in [2.05, 4.69) is 25.2 Å². The van der Waals surface area contributed by atoms with Gasteiger partial charge in [-0.3, -0.25) is 14.7 Å². The van der Waals surface area contributed by atoms with Crippen molar-refractivity contribution in [1.82, 2.24) is 25.2 Å². The van der Waals surface area contributed by atoms with Crippen LogP contribution in [0.15, 0.2) is 57.7 Å². The predicted octanol–water partition coefficient (Wildman–Crippen LogP) is 5.40. The fourth-order valence-corrected chi connectivity index (χ4v) is 4.91. The number of pyridine rings is 1. The molecule has 0 spiro atoms. The van der Waals surface area contributed by atoms with Crippen molar-refractivity contribution in [3.8, 4) is 34.4 Å². The minimum Gasteiger partial charge on any atom is -0.481 e. The molecule has 0 radical (unpaired) electrons. The summed E-state index contributed by atoms with van der Waals surface area (Å²) in [5, 5.41) is 16.9. The first-order chi connectivity index (χ1) is 17.9. The van der Waals surface area contributed by atoms with Crippen molar-refractivity contribution in [3.05, 3.63) is 59.8 Å². The van der Waals surface area contributed by atoms with Crippen molar-refractivity contribution in [3.63, 3.8) is 0 Å². The highest BCUT2D eigenvalue weighted by Gasteiger charge is 2.49. The molecule has 38 heavy (non-hydrogen) atoms. The molecule has 9 nitrogen and oxygen atoms in total. The van der Waals surface area contributed by atoms with Gasteiger partial charge in [0, 0.05) is 30.9 Å². The number of halogens is 3. The fraction of sp³-hybridized carbons (Fsp3) is 0.346. The Bertz CT molecular complexity index is 1440. The molecule has 1 aliphatic rings. The number of carboxylic acid groups (broad SMARTS) is 1. The summed E-state index contributed by atoms with van der Waals surface area (Å²) >= 11 is 0. The van der Waals surface area contributed by atoms with Gasteiger partial charge in [0.05, 0.1) is 5.92 Å². The Morgan fingerprint density at radius 3 is 2.42 bits per heavy atom. The summed E-state index contributed by atoms with van der Waals surface area (Å²) in [6, 6.07) is 11.5. The number of hydrogen-bond acceptors (Lipinski definition) is 8. The molecule has 2 unspecified atom stereocenters. The number of rotatable bonds is 6. The van der Waals surface area contributed by atoms with Crippen LogP contribution in [0.2, 0.25) is 0 Å². The summed E-state index contributed by atoms with van der Waals surface area (Å²) in [5.74, 6) is -2.09. The fourth-order valence-electron chi connectivity index (χ4n) is 4.91. The third kappa shape index (κ3) is 4.78. The third-order valence-corrected chi connectivity index (χ3v) is 6.51. The van der Waals surface area contributed by atoms with E-state index in [-0.39, 0.29) is 23.0 Å². The molecular formula is C26H24F3N5O4. The lowest BCUT2D eigenvalue weighted by Crippen LogP contribution is -2.63. The molecule has 12 heteroatoms. The van der Waals surface area contributed by atoms with Crippen LogP contribution in [0.3, 0.4) is 0 Å². The number of benzene rings is 1. The molecule has 0 bridgehead atoms. The van der Waals surface area contributed by atoms with E-state index in [4.69, 9.17) is 9.05 Å². The van der Waals surface area contributed by atoms with Crippen molar-refractivity contribution in [2.75, 3.05) is 6.54 Å². The Hall–Kier alpha value is -4.06. The van der Waals surface area contributed by atoms with Gasteiger partial charge in [0.25, 0.3) is 5.89 Å². The minimum absolute atomic E-state index is 0.0283. The molecule has 1 N–H and O–H groups in total. The van der Waals surface area contributed by atoms with E-state index < -0.39 is 41.0 Å². The Morgan fingerprint density at radius 2 is 1.82 bits per heavy atom. The lowest BCUT2D eigenvalue weighted by molar-refractivity contribution is -0.159. The van der Waals surface area contributed by atoms with Gasteiger partial charge < -0.3 is 14.2 Å². The van der Waals surface area contributed by atoms with Gasteiger partial charge in [-0.2, -0.15) is 18.2 Å². The number of carboxylic acids is 1. The molecule has 0 amide bonds. The lowest BCUT2D eigenvalue weighted by atomic mass is 9.72. The average Bonchev–Trinajstić information content (AvgIpc) is 3.48. The van der Waals surface area contributed by atoms with E-state index in [1.165, 1.54) is 18.3 Å². The van der Waals surface area contributed by atoms with Gasteiger partial charge in [-0.25, -0.2) is 0 Å². The van der Waals surface area contributed by atoms with Gasteiger partial charge in [-0.15, -0.1) is 0 Å². The number of hydrogen-bond donors (Lipinski definition) is 1. The van der Waals surface area contributed by atoms with Crippen LogP contribution in [0.1, 0.15) is 31.9 Å². The van der Waals surface area contributed by atoms with Crippen LogP contribution >= 0.6 is 0 Å². The summed E-state index contributed by atoms with van der Waals surface area (Å²) in [7, 11) is 0. The molecule has 5 rings (SSSR count). The van der Waals surface area contributed by atoms with Crippen LogP contribution in [0, 0.1) is 11.3 Å². The predicted molar refractivity (Wildman–Crippen MR) is 128 cm³/mol. The highest BCUT2D eigenvalue weighted by molar-refractivity contribution is 5.73. The van der Waals surface area contributed by atoms with Gasteiger partial charge in [-0.05, 0) is 23.1 Å². The molecule has 4 heterocycles. The highest BCUT2D eigenvalue weighted by Crippen LogP contribution is 2.43. The molecule has 0 aliphatic carbocycles. The quantitative estimate of drug-likeness (QED) is 0.351. The number of nitrogens with zero attached hydrogens (tertiary/aromatic N) is 5. The zero-order chi connectivity index (χ0) is 27.2. The van der Waals surface area contributed by atoms with E-state index in [0.717, 1.165) is 5.56 Å². The van der Waals surface area contributed by atoms with Crippen molar-refractivity contribution >= 4 is 5.97 Å². The number of alkyl halides is 3. The van der Waals surface area contributed by atoms with Gasteiger partial charge in [0.2, 0.25) is 5.82 Å². The summed E-state index contributed by atoms with van der Waals surface area (Å²) in [4.78, 5) is 21.7. The smallest absolute Gasteiger partial charge is 0.422 e. The Kier molecular flexibility index (Phi) is 6.30. The molecule has 1 fully saturated rings. The van der Waals surface area contributed by atoms with E-state index in [0.29, 0.717) is 18.7 Å². The van der Waals surface area contributed by atoms with Crippen molar-refractivity contribution in [1.29, 1.82) is 0 Å². The van der Waals surface area contributed by atoms with E-state index in [1.54, 1.807) is 18.2 Å². The van der Waals surface area contributed by atoms with Crippen molar-refractivity contribution in [2.24, 2.45) is 11.3 Å². The van der Waals surface area contributed by atoms with Gasteiger partial charge in [0.1, 0.15) is 11.3 Å². The number of aromatic nitrogens is 4. The summed E-state index contributed by atoms with van der Waals surface area (Å²) in [6.45, 7) is 7.10. The number of aliphatic carboxylic acids is 1. The third-order valence-electron chi connectivity index (χ3n) is 6.51. The largest absolute Gasteiger partial charge is 0.481 e. The molecular weight excluding hydrogens is 503 g/mol. The average molecular weight is 528 g/mol. The Morgan fingerprint density at radius 1 is 1.08 bits per heavy atom. The van der Waals surface area contributed by atoms with Crippen LogP contribution in [0.5, 0.6) is 0 Å². The van der Waals surface area contributed by atoms with E-state index in [9.17, 15) is 23.1 Å². The maximum atomic E-state index is 13.9. The van der Waals surface area contributed by atoms with Crippen molar-refractivity contribution in [2.45, 2.75) is 39.5 Å². The van der Waals surface area contributed by atoms with Crippen LogP contribution in [0.25, 0.3) is 34.4 Å². The highest BCUT2D eigenvalue weighted by atomic mass is 19.4. The molecule has 0 saturated carbocycles. The molecule has 3 aromatic heterocycles. The van der Waals surface area contributed by atoms with E-state index >= 15 is 0 Å². The molecule has 2 atom stereocenters. The first kappa shape index (κ1) is 25.6. The van der Waals surface area contributed by atoms with Gasteiger partial charge in [-0.1, -0.05) is 61.4 Å². The van der Waals surface area contributed by atoms with E-state index in [1.807, 2.05) is 32.9 Å². The summed E-state index contributed by atoms with van der Waals surface area (Å²) < 4.78 is 52.0. The molecule has 1 aliphatic heterocycles. The monoisotopic (exact) mass is 527 g/mol. The SMILES string of the molecule is CC(C)(C)C1C(C(=O)O)CN1Cc1ccc(-c2noc(-c3noc(-c4ccccn4)c3C(F)(F)F)n2)cc1. The van der Waals surface area contributed by atoms with Crippen molar-refractivity contribution < 1.29 is 32.1 Å². The maximum Gasteiger partial charge on any atom is 0.422 e. The lowest BCUT2D eigenvalue weighted by Gasteiger charge is -2.52. The standard InChI is InChI=1S/C26H24F3N5O4/c1-25(2,3)21-16(24(35)36)13-34(21)12-14-7-9-15(10-8-14)22-31-23(38-33-22)19-18(26(27,28)29)20(37-32-19)17-6-4-5-11-30-17/h4-11,16,21H,12-13H2,1-3H3,(H,35,36). The second kappa shape index (κ2) is 9.35. The maximum absolute atomic E-state index is 13.9. The Labute approximate surface area is 215 Å². The number of likely N-dealkylation sites (tertiary alicyclic amines) is 1. The summed E-state index contributed by atoms with van der Waals surface area (Å²) in [6.07, 6.45) is -3.46. The van der Waals surface area contributed by atoms with Crippen LogP contribution in [-0.2, 0) is 17.5 Å². The second-order valence-electron chi connectivity index (χ2n) is 10.3.